The molecular formula is C43H81NO. The molecule has 2 heteroatoms. The van der Waals surface area contributed by atoms with Gasteiger partial charge in [-0.25, -0.2) is 0 Å². The molecule has 0 aromatic carbocycles. The lowest BCUT2D eigenvalue weighted by Gasteiger charge is -2.19. The van der Waals surface area contributed by atoms with Crippen LogP contribution < -0.4 is 0 Å². The van der Waals surface area contributed by atoms with Crippen molar-refractivity contribution in [1.82, 2.24) is 4.90 Å². The van der Waals surface area contributed by atoms with Crippen molar-refractivity contribution >= 4 is 0 Å². The zero-order chi connectivity index (χ0) is 32.7. The summed E-state index contributed by atoms with van der Waals surface area (Å²) in [5.74, 6) is 0. The van der Waals surface area contributed by atoms with Crippen LogP contribution in [-0.4, -0.2) is 38.3 Å². The predicted octanol–water partition coefficient (Wildman–Crippen LogP) is 14.1. The minimum atomic E-state index is 0.481. The fourth-order valence-electron chi connectivity index (χ4n) is 5.87. The zero-order valence-corrected chi connectivity index (χ0v) is 31.3. The summed E-state index contributed by atoms with van der Waals surface area (Å²) in [6.45, 7) is 6.60. The molecule has 0 radical (unpaired) electrons. The van der Waals surface area contributed by atoms with Gasteiger partial charge in [0.25, 0.3) is 0 Å². The Labute approximate surface area is 284 Å². The Morgan fingerprint density at radius 3 is 1.40 bits per heavy atom. The van der Waals surface area contributed by atoms with Crippen molar-refractivity contribution in [2.45, 2.75) is 206 Å². The molecule has 0 heterocycles. The highest BCUT2D eigenvalue weighted by atomic mass is 16.5. The SMILES string of the molecule is CCCC/C=C/CC/C=C\CCCCCCCCCC(CCCCCCCCC=C=CCCCCCCC)OCCCN(C)C. The van der Waals surface area contributed by atoms with Crippen LogP contribution in [0.4, 0.5) is 0 Å². The average Bonchev–Trinajstić information content (AvgIpc) is 3.03. The lowest BCUT2D eigenvalue weighted by Crippen LogP contribution is -2.18. The van der Waals surface area contributed by atoms with Gasteiger partial charge in [0.15, 0.2) is 0 Å². The first-order valence-electron chi connectivity index (χ1n) is 20.2. The Balaban J connectivity index is 3.82. The number of unbranched alkanes of at least 4 members (excludes halogenated alkanes) is 21. The Hall–Kier alpha value is -1.08. The number of rotatable bonds is 36. The lowest BCUT2D eigenvalue weighted by atomic mass is 10.0. The van der Waals surface area contributed by atoms with Crippen molar-refractivity contribution in [2.24, 2.45) is 0 Å². The van der Waals surface area contributed by atoms with Crippen LogP contribution in [0.5, 0.6) is 0 Å². The number of ether oxygens (including phenoxy) is 1. The summed E-state index contributed by atoms with van der Waals surface area (Å²) < 4.78 is 6.39. The van der Waals surface area contributed by atoms with E-state index in [0.717, 1.165) is 19.6 Å². The van der Waals surface area contributed by atoms with E-state index in [4.69, 9.17) is 4.74 Å². The fraction of sp³-hybridized carbons (Fsp3) is 0.837. The molecular weight excluding hydrogens is 546 g/mol. The molecule has 2 nitrogen and oxygen atoms in total. The Morgan fingerprint density at radius 2 is 0.889 bits per heavy atom. The summed E-state index contributed by atoms with van der Waals surface area (Å²) in [4.78, 5) is 2.27. The van der Waals surface area contributed by atoms with Gasteiger partial charge in [-0.2, -0.15) is 0 Å². The second kappa shape index (κ2) is 39.1. The highest BCUT2D eigenvalue weighted by Crippen LogP contribution is 2.18. The van der Waals surface area contributed by atoms with Crippen LogP contribution in [-0.2, 0) is 4.74 Å². The highest BCUT2D eigenvalue weighted by Gasteiger charge is 2.09. The van der Waals surface area contributed by atoms with Gasteiger partial charge in [-0.3, -0.25) is 0 Å². The quantitative estimate of drug-likeness (QED) is 0.0389. The molecule has 0 aliphatic rings. The van der Waals surface area contributed by atoms with Crippen molar-refractivity contribution in [3.8, 4) is 0 Å². The van der Waals surface area contributed by atoms with Gasteiger partial charge in [0.2, 0.25) is 0 Å². The van der Waals surface area contributed by atoms with Crippen molar-refractivity contribution in [2.75, 3.05) is 27.2 Å². The van der Waals surface area contributed by atoms with Gasteiger partial charge in [0, 0.05) is 6.61 Å². The monoisotopic (exact) mass is 628 g/mol. The van der Waals surface area contributed by atoms with Gasteiger partial charge in [-0.15, -0.1) is 5.73 Å². The van der Waals surface area contributed by atoms with Gasteiger partial charge in [0.05, 0.1) is 6.10 Å². The second-order valence-electron chi connectivity index (χ2n) is 13.8. The zero-order valence-electron chi connectivity index (χ0n) is 31.3. The second-order valence-corrected chi connectivity index (χ2v) is 13.8. The number of hydrogen-bond donors (Lipinski definition) is 0. The van der Waals surface area contributed by atoms with E-state index >= 15 is 0 Å². The fourth-order valence-corrected chi connectivity index (χ4v) is 5.87. The van der Waals surface area contributed by atoms with Crippen LogP contribution in [0.3, 0.4) is 0 Å². The largest absolute Gasteiger partial charge is 0.378 e. The standard InChI is InChI=1S/C43H81NO/c1-5-7-9-11-13-15-17-19-21-23-25-27-29-31-33-35-37-40-43(45-42-38-41-44(3)4)39-36-34-32-30-28-26-24-22-20-18-16-14-12-10-8-6-2/h11,13,18-19,21-22,43H,5-10,12,14-17,23-42H2,1-4H3/b13-11+,21-19-. The third-order valence-electron chi connectivity index (χ3n) is 8.87. The predicted molar refractivity (Wildman–Crippen MR) is 204 cm³/mol. The number of allylic oxidation sites excluding steroid dienone is 5. The first-order chi connectivity index (χ1) is 22.2. The molecule has 0 spiro atoms. The van der Waals surface area contributed by atoms with Crippen LogP contribution >= 0.6 is 0 Å². The molecule has 0 aliphatic carbocycles. The maximum atomic E-state index is 6.39. The molecule has 1 unspecified atom stereocenters. The third-order valence-corrected chi connectivity index (χ3v) is 8.87. The molecule has 0 rings (SSSR count). The first-order valence-corrected chi connectivity index (χ1v) is 20.2. The van der Waals surface area contributed by atoms with E-state index in [1.54, 1.807) is 0 Å². The molecule has 264 valence electrons. The molecule has 0 fully saturated rings. The average molecular weight is 628 g/mol. The summed E-state index contributed by atoms with van der Waals surface area (Å²) in [6, 6.07) is 0. The van der Waals surface area contributed by atoms with E-state index in [1.165, 1.54) is 180 Å². The third kappa shape index (κ3) is 39.0. The van der Waals surface area contributed by atoms with Crippen molar-refractivity contribution in [1.29, 1.82) is 0 Å². The summed E-state index contributed by atoms with van der Waals surface area (Å²) in [5.41, 5.74) is 3.41. The lowest BCUT2D eigenvalue weighted by molar-refractivity contribution is 0.0342. The smallest absolute Gasteiger partial charge is 0.0575 e. The van der Waals surface area contributed by atoms with Crippen LogP contribution in [0.15, 0.2) is 42.2 Å². The molecule has 0 aromatic heterocycles. The Morgan fingerprint density at radius 1 is 0.467 bits per heavy atom. The number of hydrogen-bond acceptors (Lipinski definition) is 2. The summed E-state index contributed by atoms with van der Waals surface area (Å²) >= 11 is 0. The Kier molecular flexibility index (Phi) is 38.2. The van der Waals surface area contributed by atoms with Gasteiger partial charge in [-0.05, 0) is 110 Å². The van der Waals surface area contributed by atoms with E-state index in [0.29, 0.717) is 6.10 Å². The van der Waals surface area contributed by atoms with Crippen molar-refractivity contribution < 1.29 is 4.74 Å². The minimum Gasteiger partial charge on any atom is -0.378 e. The molecule has 0 N–H and O–H groups in total. The molecule has 0 amide bonds. The minimum absolute atomic E-state index is 0.481. The van der Waals surface area contributed by atoms with E-state index in [2.05, 4.69) is 75.0 Å². The van der Waals surface area contributed by atoms with Gasteiger partial charge in [-0.1, -0.05) is 147 Å². The molecule has 0 saturated heterocycles. The van der Waals surface area contributed by atoms with E-state index in [9.17, 15) is 0 Å². The van der Waals surface area contributed by atoms with Crippen LogP contribution in [0.1, 0.15) is 200 Å². The van der Waals surface area contributed by atoms with Gasteiger partial charge in [0.1, 0.15) is 0 Å². The summed E-state index contributed by atoms with van der Waals surface area (Å²) in [6.07, 6.45) is 52.8. The maximum Gasteiger partial charge on any atom is 0.0575 e. The van der Waals surface area contributed by atoms with Crippen molar-refractivity contribution in [3.63, 3.8) is 0 Å². The molecule has 0 aliphatic heterocycles. The van der Waals surface area contributed by atoms with E-state index in [-0.39, 0.29) is 0 Å². The van der Waals surface area contributed by atoms with Gasteiger partial charge >= 0.3 is 0 Å². The summed E-state index contributed by atoms with van der Waals surface area (Å²) in [7, 11) is 4.32. The topological polar surface area (TPSA) is 12.5 Å². The molecule has 0 saturated carbocycles. The normalized spacial score (nSPS) is 12.5. The van der Waals surface area contributed by atoms with E-state index in [1.807, 2.05) is 0 Å². The molecule has 45 heavy (non-hydrogen) atoms. The van der Waals surface area contributed by atoms with Crippen LogP contribution in [0, 0.1) is 0 Å². The first kappa shape index (κ1) is 43.9. The van der Waals surface area contributed by atoms with Crippen molar-refractivity contribution in [3.05, 3.63) is 42.2 Å². The molecule has 0 bridgehead atoms. The number of nitrogens with zero attached hydrogens (tertiary/aromatic N) is 1. The van der Waals surface area contributed by atoms with Crippen LogP contribution in [0.25, 0.3) is 0 Å². The highest BCUT2D eigenvalue weighted by molar-refractivity contribution is 4.88. The Bertz CT molecular complexity index is 671. The van der Waals surface area contributed by atoms with E-state index < -0.39 is 0 Å². The molecule has 1 atom stereocenters. The molecule has 0 aromatic rings. The van der Waals surface area contributed by atoms with Gasteiger partial charge < -0.3 is 9.64 Å². The van der Waals surface area contributed by atoms with Crippen LogP contribution in [0.2, 0.25) is 0 Å². The maximum absolute atomic E-state index is 6.39. The summed E-state index contributed by atoms with van der Waals surface area (Å²) in [5, 5.41) is 0.